The minimum absolute atomic E-state index is 0.00484. The van der Waals surface area contributed by atoms with Crippen LogP contribution in [0.2, 0.25) is 0 Å². The number of anilines is 1. The number of fused-ring (bicyclic) bond motifs is 2. The number of rotatable bonds is 3. The SMILES string of the molecule is O=C1Cc2cc(ccc2C(=O)c2ccc(C(=O)O)cc2)NO1. The van der Waals surface area contributed by atoms with Gasteiger partial charge in [-0.25, -0.2) is 15.1 Å². The zero-order valence-electron chi connectivity index (χ0n) is 11.3. The van der Waals surface area contributed by atoms with E-state index in [-0.39, 0.29) is 17.8 Å². The third kappa shape index (κ3) is 2.54. The number of aromatic carboxylic acids is 1. The second-order valence-electron chi connectivity index (χ2n) is 4.84. The molecule has 22 heavy (non-hydrogen) atoms. The number of carbonyl (C=O) groups excluding carboxylic acids is 2. The van der Waals surface area contributed by atoms with Crippen molar-refractivity contribution in [1.82, 2.24) is 0 Å². The van der Waals surface area contributed by atoms with Crippen LogP contribution in [0.25, 0.3) is 0 Å². The van der Waals surface area contributed by atoms with Crippen molar-refractivity contribution in [2.24, 2.45) is 0 Å². The normalized spacial score (nSPS) is 12.8. The van der Waals surface area contributed by atoms with Crippen molar-refractivity contribution in [2.75, 3.05) is 5.48 Å². The quantitative estimate of drug-likeness (QED) is 0.842. The summed E-state index contributed by atoms with van der Waals surface area (Å²) in [5.74, 6) is -1.80. The summed E-state index contributed by atoms with van der Waals surface area (Å²) in [5.41, 5.74) is 4.53. The van der Waals surface area contributed by atoms with E-state index in [4.69, 9.17) is 9.94 Å². The second-order valence-corrected chi connectivity index (χ2v) is 4.84. The first kappa shape index (κ1) is 13.8. The van der Waals surface area contributed by atoms with Crippen LogP contribution in [0.15, 0.2) is 42.5 Å². The highest BCUT2D eigenvalue weighted by Gasteiger charge is 2.20. The van der Waals surface area contributed by atoms with Gasteiger partial charge >= 0.3 is 11.9 Å². The van der Waals surface area contributed by atoms with Gasteiger partial charge in [0.1, 0.15) is 0 Å². The number of ketones is 1. The number of carboxylic acid groups (broad SMARTS) is 1. The van der Waals surface area contributed by atoms with Gasteiger partial charge in [0.05, 0.1) is 17.7 Å². The molecular weight excluding hydrogens is 286 g/mol. The Kier molecular flexibility index (Phi) is 3.34. The lowest BCUT2D eigenvalue weighted by atomic mass is 9.95. The van der Waals surface area contributed by atoms with E-state index in [9.17, 15) is 14.4 Å². The summed E-state index contributed by atoms with van der Waals surface area (Å²) < 4.78 is 0. The Morgan fingerprint density at radius 3 is 2.41 bits per heavy atom. The van der Waals surface area contributed by atoms with Crippen LogP contribution in [0.4, 0.5) is 5.69 Å². The summed E-state index contributed by atoms with van der Waals surface area (Å²) in [4.78, 5) is 39.6. The van der Waals surface area contributed by atoms with Crippen LogP contribution in [0.3, 0.4) is 0 Å². The van der Waals surface area contributed by atoms with Gasteiger partial charge in [-0.2, -0.15) is 0 Å². The number of carbonyl (C=O) groups is 3. The molecular formula is C16H11NO5. The average Bonchev–Trinajstić information content (AvgIpc) is 2.66. The standard InChI is InChI=1S/C16H11NO5/c18-14-8-11-7-12(17-22-14)5-6-13(11)15(19)9-1-3-10(4-2-9)16(20)21/h1-7,17H,8H2,(H,20,21). The third-order valence-corrected chi connectivity index (χ3v) is 3.36. The number of nitrogens with one attached hydrogen (secondary N) is 1. The molecule has 0 aliphatic carbocycles. The Labute approximate surface area is 125 Å². The number of carboxylic acids is 1. The van der Waals surface area contributed by atoms with Gasteiger partial charge in [-0.05, 0) is 35.9 Å². The smallest absolute Gasteiger partial charge is 0.336 e. The average molecular weight is 297 g/mol. The summed E-state index contributed by atoms with van der Waals surface area (Å²) in [7, 11) is 0. The van der Waals surface area contributed by atoms with Gasteiger partial charge in [0.25, 0.3) is 0 Å². The Morgan fingerprint density at radius 1 is 1.05 bits per heavy atom. The number of hydrogen-bond acceptors (Lipinski definition) is 5. The first-order chi connectivity index (χ1) is 10.5. The van der Waals surface area contributed by atoms with Crippen LogP contribution in [-0.2, 0) is 16.1 Å². The Morgan fingerprint density at radius 2 is 1.73 bits per heavy atom. The van der Waals surface area contributed by atoms with Gasteiger partial charge < -0.3 is 9.94 Å². The topological polar surface area (TPSA) is 92.7 Å². The fraction of sp³-hybridized carbons (Fsp3) is 0.0625. The van der Waals surface area contributed by atoms with E-state index >= 15 is 0 Å². The predicted molar refractivity (Wildman–Crippen MR) is 76.7 cm³/mol. The molecule has 0 amide bonds. The molecule has 1 heterocycles. The zero-order chi connectivity index (χ0) is 15.7. The fourth-order valence-electron chi connectivity index (χ4n) is 2.25. The maximum Gasteiger partial charge on any atom is 0.336 e. The van der Waals surface area contributed by atoms with E-state index in [1.807, 2.05) is 0 Å². The molecule has 2 aromatic carbocycles. The van der Waals surface area contributed by atoms with E-state index < -0.39 is 11.9 Å². The predicted octanol–water partition coefficient (Wildman–Crippen LogP) is 2.04. The van der Waals surface area contributed by atoms with E-state index in [1.165, 1.54) is 24.3 Å². The molecule has 6 heteroatoms. The molecule has 1 aliphatic rings. The summed E-state index contributed by atoms with van der Waals surface area (Å²) in [6, 6.07) is 10.6. The Bertz CT molecular complexity index is 780. The van der Waals surface area contributed by atoms with Gasteiger partial charge in [-0.1, -0.05) is 12.1 Å². The molecule has 0 aromatic heterocycles. The van der Waals surface area contributed by atoms with Gasteiger partial charge in [-0.15, -0.1) is 0 Å². The van der Waals surface area contributed by atoms with Crippen LogP contribution >= 0.6 is 0 Å². The minimum Gasteiger partial charge on any atom is -0.478 e. The lowest BCUT2D eigenvalue weighted by Gasteiger charge is -2.07. The molecule has 0 radical (unpaired) electrons. The van der Waals surface area contributed by atoms with E-state index in [1.54, 1.807) is 18.2 Å². The van der Waals surface area contributed by atoms with Crippen LogP contribution in [0.1, 0.15) is 31.8 Å². The van der Waals surface area contributed by atoms with Crippen molar-refractivity contribution < 1.29 is 24.3 Å². The second kappa shape index (κ2) is 5.33. The van der Waals surface area contributed by atoms with Crippen molar-refractivity contribution in [3.05, 3.63) is 64.7 Å². The largest absolute Gasteiger partial charge is 0.478 e. The van der Waals surface area contributed by atoms with Gasteiger partial charge in [0.2, 0.25) is 0 Å². The molecule has 2 N–H and O–H groups in total. The monoisotopic (exact) mass is 297 g/mol. The fourth-order valence-corrected chi connectivity index (χ4v) is 2.25. The maximum atomic E-state index is 12.5. The van der Waals surface area contributed by atoms with Crippen molar-refractivity contribution in [3.8, 4) is 0 Å². The maximum absolute atomic E-state index is 12.5. The highest BCUT2D eigenvalue weighted by molar-refractivity contribution is 6.11. The number of hydrogen-bond donors (Lipinski definition) is 2. The van der Waals surface area contributed by atoms with Crippen molar-refractivity contribution >= 4 is 23.4 Å². The first-order valence-corrected chi connectivity index (χ1v) is 6.51. The molecule has 3 rings (SSSR count). The van der Waals surface area contributed by atoms with E-state index in [0.717, 1.165) is 0 Å². The van der Waals surface area contributed by atoms with Gasteiger partial charge in [0.15, 0.2) is 5.78 Å². The molecule has 6 nitrogen and oxygen atoms in total. The van der Waals surface area contributed by atoms with Gasteiger partial charge in [0, 0.05) is 11.1 Å². The highest BCUT2D eigenvalue weighted by Crippen LogP contribution is 2.23. The van der Waals surface area contributed by atoms with Crippen molar-refractivity contribution in [1.29, 1.82) is 0 Å². The number of benzene rings is 2. The lowest BCUT2D eigenvalue weighted by molar-refractivity contribution is -0.139. The Hall–Kier alpha value is -3.15. The molecule has 0 saturated carbocycles. The van der Waals surface area contributed by atoms with Gasteiger partial charge in [-0.3, -0.25) is 4.79 Å². The zero-order valence-corrected chi connectivity index (χ0v) is 11.3. The molecule has 110 valence electrons. The summed E-state index contributed by atoms with van der Waals surface area (Å²) in [5, 5.41) is 8.87. The summed E-state index contributed by atoms with van der Waals surface area (Å²) >= 11 is 0. The first-order valence-electron chi connectivity index (χ1n) is 6.51. The summed E-state index contributed by atoms with van der Waals surface area (Å²) in [6.07, 6.45) is -0.00484. The van der Waals surface area contributed by atoms with Crippen LogP contribution in [-0.4, -0.2) is 22.8 Å². The Balaban J connectivity index is 1.96. The third-order valence-electron chi connectivity index (χ3n) is 3.36. The molecule has 0 fully saturated rings. The van der Waals surface area contributed by atoms with E-state index in [2.05, 4.69) is 5.48 Å². The summed E-state index contributed by atoms with van der Waals surface area (Å²) in [6.45, 7) is 0. The lowest BCUT2D eigenvalue weighted by Crippen LogP contribution is -2.11. The van der Waals surface area contributed by atoms with Crippen molar-refractivity contribution in [2.45, 2.75) is 6.42 Å². The van der Waals surface area contributed by atoms with Crippen LogP contribution < -0.4 is 5.48 Å². The van der Waals surface area contributed by atoms with Crippen LogP contribution in [0, 0.1) is 0 Å². The molecule has 0 saturated heterocycles. The minimum atomic E-state index is -1.05. The molecule has 2 aromatic rings. The van der Waals surface area contributed by atoms with Crippen LogP contribution in [0.5, 0.6) is 0 Å². The molecule has 1 aliphatic heterocycles. The highest BCUT2D eigenvalue weighted by atomic mass is 16.7. The molecule has 0 spiro atoms. The molecule has 0 unspecified atom stereocenters. The molecule has 0 atom stereocenters. The van der Waals surface area contributed by atoms with E-state index in [0.29, 0.717) is 22.4 Å². The molecule has 2 bridgehead atoms. The van der Waals surface area contributed by atoms with Crippen molar-refractivity contribution in [3.63, 3.8) is 0 Å².